The maximum absolute atomic E-state index is 13.5. The van der Waals surface area contributed by atoms with Gasteiger partial charge in [-0.1, -0.05) is 42.5 Å². The quantitative estimate of drug-likeness (QED) is 0.866. The average molecular weight is 283 g/mol. The summed E-state index contributed by atoms with van der Waals surface area (Å²) in [6.45, 7) is 3.04. The van der Waals surface area contributed by atoms with Crippen molar-refractivity contribution in [2.75, 3.05) is 6.54 Å². The molecule has 21 heavy (non-hydrogen) atoms. The first-order valence-electron chi connectivity index (χ1n) is 7.76. The molecule has 2 heteroatoms. The number of benzene rings is 2. The summed E-state index contributed by atoms with van der Waals surface area (Å²) < 4.78 is 13.5. The average Bonchev–Trinajstić information content (AvgIpc) is 2.44. The number of rotatable bonds is 5. The number of aryl methyl sites for hydroxylation is 1. The fourth-order valence-electron chi connectivity index (χ4n) is 3.20. The highest BCUT2D eigenvalue weighted by Gasteiger charge is 2.30. The van der Waals surface area contributed by atoms with Gasteiger partial charge in [0.1, 0.15) is 5.82 Å². The minimum atomic E-state index is -0.0919. The molecule has 0 radical (unpaired) electrons. The summed E-state index contributed by atoms with van der Waals surface area (Å²) in [4.78, 5) is 0. The molecule has 0 spiro atoms. The van der Waals surface area contributed by atoms with E-state index in [0.717, 1.165) is 18.5 Å². The van der Waals surface area contributed by atoms with Gasteiger partial charge in [-0.3, -0.25) is 0 Å². The predicted octanol–water partition coefficient (Wildman–Crippen LogP) is 4.21. The lowest BCUT2D eigenvalue weighted by molar-refractivity contribution is 0.292. The maximum Gasteiger partial charge on any atom is 0.126 e. The molecule has 1 aliphatic rings. The third-order valence-corrected chi connectivity index (χ3v) is 4.55. The summed E-state index contributed by atoms with van der Waals surface area (Å²) in [6.07, 6.45) is 3.16. The van der Waals surface area contributed by atoms with Crippen LogP contribution >= 0.6 is 0 Å². The summed E-state index contributed by atoms with van der Waals surface area (Å²) in [7, 11) is 0. The largest absolute Gasteiger partial charge is 0.314 e. The van der Waals surface area contributed by atoms with Crippen LogP contribution in [-0.2, 0) is 6.42 Å². The monoisotopic (exact) mass is 283 g/mol. The number of hydrogen-bond acceptors (Lipinski definition) is 1. The van der Waals surface area contributed by atoms with Crippen LogP contribution in [0.2, 0.25) is 0 Å². The van der Waals surface area contributed by atoms with E-state index in [1.807, 2.05) is 12.1 Å². The Labute approximate surface area is 126 Å². The first-order chi connectivity index (χ1) is 10.2. The zero-order valence-corrected chi connectivity index (χ0v) is 12.5. The third kappa shape index (κ3) is 3.33. The normalized spacial score (nSPS) is 21.0. The number of hydrogen-bond donors (Lipinski definition) is 1. The van der Waals surface area contributed by atoms with Gasteiger partial charge >= 0.3 is 0 Å². The molecule has 0 unspecified atom stereocenters. The Hall–Kier alpha value is -1.67. The van der Waals surface area contributed by atoms with Crippen molar-refractivity contribution in [3.63, 3.8) is 0 Å². The van der Waals surface area contributed by atoms with Gasteiger partial charge in [0.15, 0.2) is 0 Å². The van der Waals surface area contributed by atoms with Crippen LogP contribution < -0.4 is 5.32 Å². The number of nitrogens with one attached hydrogen (secondary N) is 1. The van der Waals surface area contributed by atoms with Crippen molar-refractivity contribution < 1.29 is 4.39 Å². The Morgan fingerprint density at radius 3 is 2.52 bits per heavy atom. The van der Waals surface area contributed by atoms with Crippen molar-refractivity contribution in [2.24, 2.45) is 0 Å². The first kappa shape index (κ1) is 14.3. The highest BCUT2D eigenvalue weighted by Crippen LogP contribution is 2.38. The van der Waals surface area contributed by atoms with E-state index in [-0.39, 0.29) is 5.82 Å². The molecule has 0 heterocycles. The first-order valence-corrected chi connectivity index (χ1v) is 7.76. The molecular weight excluding hydrogens is 261 g/mol. The van der Waals surface area contributed by atoms with E-state index in [1.54, 1.807) is 6.07 Å². The molecule has 1 aliphatic carbocycles. The van der Waals surface area contributed by atoms with Gasteiger partial charge in [-0.25, -0.2) is 4.39 Å². The van der Waals surface area contributed by atoms with Crippen LogP contribution in [0.3, 0.4) is 0 Å². The molecule has 0 amide bonds. The predicted molar refractivity (Wildman–Crippen MR) is 85.0 cm³/mol. The molecule has 110 valence electrons. The van der Waals surface area contributed by atoms with Crippen molar-refractivity contribution in [3.8, 4) is 0 Å². The summed E-state index contributed by atoms with van der Waals surface area (Å²) >= 11 is 0. The van der Waals surface area contributed by atoms with Crippen LogP contribution in [-0.4, -0.2) is 12.6 Å². The molecule has 0 saturated heterocycles. The highest BCUT2D eigenvalue weighted by molar-refractivity contribution is 5.31. The second kappa shape index (κ2) is 6.40. The zero-order valence-electron chi connectivity index (χ0n) is 12.5. The van der Waals surface area contributed by atoms with Crippen LogP contribution in [0.4, 0.5) is 4.39 Å². The van der Waals surface area contributed by atoms with Crippen LogP contribution in [0.1, 0.15) is 35.4 Å². The second-order valence-corrected chi connectivity index (χ2v) is 6.02. The van der Waals surface area contributed by atoms with E-state index in [9.17, 15) is 4.39 Å². The van der Waals surface area contributed by atoms with E-state index >= 15 is 0 Å². The molecule has 1 nitrogen and oxygen atoms in total. The van der Waals surface area contributed by atoms with E-state index in [0.29, 0.717) is 12.0 Å². The van der Waals surface area contributed by atoms with Gasteiger partial charge in [0.2, 0.25) is 0 Å². The minimum Gasteiger partial charge on any atom is -0.314 e. The zero-order chi connectivity index (χ0) is 14.7. The van der Waals surface area contributed by atoms with E-state index in [1.165, 1.54) is 30.0 Å². The number of halogens is 1. The Balaban J connectivity index is 1.44. The SMILES string of the molecule is Cc1ccccc1C1CC(NCCc2ccccc2F)C1. The molecule has 2 aromatic carbocycles. The standard InChI is InChI=1S/C19H22FN/c1-14-6-2-4-8-18(14)16-12-17(13-16)21-11-10-15-7-3-5-9-19(15)20/h2-9,16-17,21H,10-13H2,1H3. The fraction of sp³-hybridized carbons (Fsp3) is 0.368. The van der Waals surface area contributed by atoms with E-state index in [2.05, 4.69) is 36.5 Å². The van der Waals surface area contributed by atoms with Crippen LogP contribution in [0.25, 0.3) is 0 Å². The van der Waals surface area contributed by atoms with Crippen LogP contribution in [0, 0.1) is 12.7 Å². The van der Waals surface area contributed by atoms with Crippen molar-refractivity contribution in [3.05, 3.63) is 71.0 Å². The molecule has 2 aromatic rings. The van der Waals surface area contributed by atoms with Gasteiger partial charge in [0.05, 0.1) is 0 Å². The van der Waals surface area contributed by atoms with E-state index in [4.69, 9.17) is 0 Å². The minimum absolute atomic E-state index is 0.0919. The van der Waals surface area contributed by atoms with Crippen LogP contribution in [0.15, 0.2) is 48.5 Å². The Kier molecular flexibility index (Phi) is 4.35. The molecule has 0 bridgehead atoms. The molecule has 1 fully saturated rings. The molecule has 0 atom stereocenters. The Morgan fingerprint density at radius 1 is 1.05 bits per heavy atom. The van der Waals surface area contributed by atoms with Crippen molar-refractivity contribution in [2.45, 2.75) is 38.1 Å². The van der Waals surface area contributed by atoms with Crippen LogP contribution in [0.5, 0.6) is 0 Å². The molecular formula is C19H22FN. The maximum atomic E-state index is 13.5. The smallest absolute Gasteiger partial charge is 0.126 e. The van der Waals surface area contributed by atoms with Gasteiger partial charge in [-0.15, -0.1) is 0 Å². The Morgan fingerprint density at radius 2 is 1.76 bits per heavy atom. The van der Waals surface area contributed by atoms with Gasteiger partial charge in [-0.2, -0.15) is 0 Å². The lowest BCUT2D eigenvalue weighted by atomic mass is 9.74. The molecule has 0 aliphatic heterocycles. The molecule has 0 aromatic heterocycles. The van der Waals surface area contributed by atoms with Gasteiger partial charge in [0.25, 0.3) is 0 Å². The highest BCUT2D eigenvalue weighted by atomic mass is 19.1. The summed E-state index contributed by atoms with van der Waals surface area (Å²) in [6, 6.07) is 16.3. The molecule has 3 rings (SSSR count). The molecule has 1 saturated carbocycles. The van der Waals surface area contributed by atoms with Gasteiger partial charge < -0.3 is 5.32 Å². The lowest BCUT2D eigenvalue weighted by Gasteiger charge is -2.37. The second-order valence-electron chi connectivity index (χ2n) is 6.02. The summed E-state index contributed by atoms with van der Waals surface area (Å²) in [5.74, 6) is 0.600. The summed E-state index contributed by atoms with van der Waals surface area (Å²) in [5.41, 5.74) is 3.69. The molecule has 1 N–H and O–H groups in total. The Bertz CT molecular complexity index is 602. The van der Waals surface area contributed by atoms with Crippen molar-refractivity contribution in [1.29, 1.82) is 0 Å². The van der Waals surface area contributed by atoms with Crippen molar-refractivity contribution in [1.82, 2.24) is 5.32 Å². The summed E-state index contributed by atoms with van der Waals surface area (Å²) in [5, 5.41) is 3.55. The third-order valence-electron chi connectivity index (χ3n) is 4.55. The van der Waals surface area contributed by atoms with Crippen molar-refractivity contribution >= 4 is 0 Å². The van der Waals surface area contributed by atoms with Gasteiger partial charge in [0, 0.05) is 6.04 Å². The fourth-order valence-corrected chi connectivity index (χ4v) is 3.20. The van der Waals surface area contributed by atoms with E-state index < -0.39 is 0 Å². The topological polar surface area (TPSA) is 12.0 Å². The van der Waals surface area contributed by atoms with Gasteiger partial charge in [-0.05, 0) is 61.4 Å². The lowest BCUT2D eigenvalue weighted by Crippen LogP contribution is -2.41.